The maximum absolute atomic E-state index is 13.2. The maximum Gasteiger partial charge on any atom is 0.390 e. The number of rotatable bonds is 3. The van der Waals surface area contributed by atoms with Crippen LogP contribution in [0.2, 0.25) is 0 Å². The minimum Gasteiger partial charge on any atom is -0.326 e. The van der Waals surface area contributed by atoms with Crippen molar-refractivity contribution in [1.29, 1.82) is 0 Å². The van der Waals surface area contributed by atoms with Gasteiger partial charge in [-0.25, -0.2) is 4.52 Å². The maximum atomic E-state index is 13.2. The molecule has 0 fully saturated rings. The van der Waals surface area contributed by atoms with Gasteiger partial charge in [0, 0.05) is 4.47 Å². The first-order valence-corrected chi connectivity index (χ1v) is 5.95. The molecular weight excluding hydrogens is 293 g/mol. The van der Waals surface area contributed by atoms with Crippen LogP contribution in [-0.4, -0.2) is 4.89 Å². The molecule has 1 atom stereocenters. The first kappa shape index (κ1) is 12.8. The van der Waals surface area contributed by atoms with Crippen LogP contribution >= 0.6 is 24.2 Å². The van der Waals surface area contributed by atoms with E-state index in [2.05, 4.69) is 20.5 Å². The van der Waals surface area contributed by atoms with Gasteiger partial charge in [-0.1, -0.05) is 22.0 Å². The van der Waals surface area contributed by atoms with Gasteiger partial charge in [0.05, 0.1) is 5.56 Å². The average Bonchev–Trinajstić information content (AvgIpc) is 1.99. The molecule has 3 nitrogen and oxygen atoms in total. The summed E-state index contributed by atoms with van der Waals surface area (Å²) < 4.78 is 40.5. The Kier molecular flexibility index (Phi) is 4.00. The van der Waals surface area contributed by atoms with E-state index in [1.54, 1.807) is 6.92 Å². The predicted octanol–water partition coefficient (Wildman–Crippen LogP) is 3.21. The van der Waals surface area contributed by atoms with Gasteiger partial charge in [-0.3, -0.25) is 4.57 Å². The van der Waals surface area contributed by atoms with Crippen molar-refractivity contribution in [2.45, 2.75) is 13.0 Å². The summed E-state index contributed by atoms with van der Waals surface area (Å²) in [5.41, 5.74) is 0.318. The van der Waals surface area contributed by atoms with Crippen LogP contribution in [0.25, 0.3) is 0 Å². The molecule has 1 aromatic rings. The van der Waals surface area contributed by atoms with Gasteiger partial charge in [-0.05, 0) is 24.6 Å². The van der Waals surface area contributed by atoms with E-state index in [0.29, 0.717) is 0 Å². The third-order valence-electron chi connectivity index (χ3n) is 1.65. The van der Waals surface area contributed by atoms with Gasteiger partial charge >= 0.3 is 14.4 Å². The molecule has 1 aromatic carbocycles. The summed E-state index contributed by atoms with van der Waals surface area (Å²) in [5.74, 6) is 0. The topological polar surface area (TPSA) is 46.5 Å². The van der Waals surface area contributed by atoms with Gasteiger partial charge in [-0.15, -0.1) is 0 Å². The molecule has 0 saturated carbocycles. The van der Waals surface area contributed by atoms with Crippen molar-refractivity contribution >= 4 is 24.2 Å². The van der Waals surface area contributed by atoms with Crippen molar-refractivity contribution in [1.82, 2.24) is 0 Å². The summed E-state index contributed by atoms with van der Waals surface area (Å²) >= 11 is 2.94. The van der Waals surface area contributed by atoms with E-state index in [9.17, 15) is 13.3 Å². The summed E-state index contributed by atoms with van der Waals surface area (Å²) in [4.78, 5) is 8.32. The third kappa shape index (κ3) is 3.34. The minimum atomic E-state index is -3.77. The lowest BCUT2D eigenvalue weighted by molar-refractivity contribution is -0.186. The Morgan fingerprint density at radius 3 is 2.60 bits per heavy atom. The first-order valence-electron chi connectivity index (χ1n) is 3.89. The van der Waals surface area contributed by atoms with Gasteiger partial charge in [0.25, 0.3) is 0 Å². The van der Waals surface area contributed by atoms with Gasteiger partial charge in [0.1, 0.15) is 0 Å². The average molecular weight is 301 g/mol. The molecule has 0 aliphatic rings. The Morgan fingerprint density at radius 2 is 2.13 bits per heavy atom. The van der Waals surface area contributed by atoms with Crippen molar-refractivity contribution in [2.75, 3.05) is 0 Å². The third-order valence-corrected chi connectivity index (χ3v) is 2.74. The molecule has 0 saturated heterocycles. The Bertz CT molecular complexity index is 397. The zero-order chi connectivity index (χ0) is 11.6. The number of hydrogen-bond acceptors (Lipinski definition) is 2. The predicted molar refractivity (Wildman–Crippen MR) is 55.1 cm³/mol. The van der Waals surface area contributed by atoms with Crippen LogP contribution < -0.4 is 0 Å². The summed E-state index contributed by atoms with van der Waals surface area (Å²) in [6, 6.07) is 4.08. The molecule has 0 radical (unpaired) electrons. The number of alkyl halides is 2. The fraction of sp³-hybridized carbons (Fsp3) is 0.250. The van der Waals surface area contributed by atoms with E-state index in [-0.39, 0.29) is 4.47 Å². The molecule has 0 aliphatic carbocycles. The zero-order valence-corrected chi connectivity index (χ0v) is 10.2. The minimum absolute atomic E-state index is 0.135. The van der Waals surface area contributed by atoms with Gasteiger partial charge < -0.3 is 4.89 Å². The Labute approximate surface area is 94.1 Å². The molecule has 1 unspecified atom stereocenters. The van der Waals surface area contributed by atoms with E-state index in [4.69, 9.17) is 4.89 Å². The molecule has 7 heteroatoms. The molecular formula is C8H8BrF2O3P. The van der Waals surface area contributed by atoms with Crippen molar-refractivity contribution < 1.29 is 22.8 Å². The molecule has 1 rings (SSSR count). The number of hydrogen-bond donors (Lipinski definition) is 1. The van der Waals surface area contributed by atoms with Crippen LogP contribution in [0.4, 0.5) is 8.78 Å². The van der Waals surface area contributed by atoms with Crippen LogP contribution in [0.15, 0.2) is 22.7 Å². The molecule has 84 valence electrons. The molecule has 0 amide bonds. The van der Waals surface area contributed by atoms with Crippen molar-refractivity contribution in [3.05, 3.63) is 33.8 Å². The summed E-state index contributed by atoms with van der Waals surface area (Å²) in [5, 5.41) is 0. The highest BCUT2D eigenvalue weighted by molar-refractivity contribution is 9.10. The second-order valence-electron chi connectivity index (χ2n) is 2.87. The first-order chi connectivity index (χ1) is 6.83. The largest absolute Gasteiger partial charge is 0.390 e. The van der Waals surface area contributed by atoms with Gasteiger partial charge in [0.2, 0.25) is 0 Å². The molecule has 0 aromatic heterocycles. The van der Waals surface area contributed by atoms with Gasteiger partial charge in [0.15, 0.2) is 0 Å². The lowest BCUT2D eigenvalue weighted by Gasteiger charge is -2.16. The van der Waals surface area contributed by atoms with Gasteiger partial charge in [-0.2, -0.15) is 8.78 Å². The molecule has 0 aliphatic heterocycles. The number of benzene rings is 1. The zero-order valence-electron chi connectivity index (χ0n) is 7.63. The second-order valence-corrected chi connectivity index (χ2v) is 4.46. The SMILES string of the molecule is Cc1ccc(C(F)(F)O[PH](=O)O)c(Br)c1. The lowest BCUT2D eigenvalue weighted by Crippen LogP contribution is -2.15. The van der Waals surface area contributed by atoms with E-state index in [1.807, 2.05) is 0 Å². The lowest BCUT2D eigenvalue weighted by atomic mass is 10.1. The van der Waals surface area contributed by atoms with Crippen LogP contribution in [0.3, 0.4) is 0 Å². The highest BCUT2D eigenvalue weighted by Gasteiger charge is 2.36. The number of aryl methyl sites for hydroxylation is 1. The summed E-state index contributed by atoms with van der Waals surface area (Å²) in [6.07, 6.45) is -3.77. The van der Waals surface area contributed by atoms with E-state index in [1.165, 1.54) is 12.1 Å². The smallest absolute Gasteiger partial charge is 0.326 e. The molecule has 1 N–H and O–H groups in total. The van der Waals surface area contributed by atoms with Crippen molar-refractivity contribution in [3.8, 4) is 0 Å². The van der Waals surface area contributed by atoms with E-state index >= 15 is 0 Å². The van der Waals surface area contributed by atoms with Crippen LogP contribution in [0, 0.1) is 6.92 Å². The van der Waals surface area contributed by atoms with Crippen molar-refractivity contribution in [3.63, 3.8) is 0 Å². The van der Waals surface area contributed by atoms with Crippen LogP contribution in [0.1, 0.15) is 11.1 Å². The van der Waals surface area contributed by atoms with E-state index < -0.39 is 19.9 Å². The Hall–Kier alpha value is -0.290. The van der Waals surface area contributed by atoms with Crippen LogP contribution in [0.5, 0.6) is 0 Å². The Morgan fingerprint density at radius 1 is 1.53 bits per heavy atom. The highest BCUT2D eigenvalue weighted by atomic mass is 79.9. The standard InChI is InChI=1S/C8H8BrF2O3P/c1-5-2-3-6(7(9)4-5)8(10,11)14-15(12)13/h2-4,15H,1H3,(H,12,13). The molecule has 0 heterocycles. The molecule has 0 spiro atoms. The number of halogens is 3. The summed E-state index contributed by atoms with van der Waals surface area (Å²) in [6.45, 7) is 1.74. The quantitative estimate of drug-likeness (QED) is 0.872. The fourth-order valence-corrected chi connectivity index (χ4v) is 2.07. The van der Waals surface area contributed by atoms with E-state index in [0.717, 1.165) is 11.6 Å². The van der Waals surface area contributed by atoms with Crippen molar-refractivity contribution in [2.24, 2.45) is 0 Å². The monoisotopic (exact) mass is 300 g/mol. The summed E-state index contributed by atoms with van der Waals surface area (Å²) in [7, 11) is -3.69. The highest BCUT2D eigenvalue weighted by Crippen LogP contribution is 2.40. The van der Waals surface area contributed by atoms with Crippen LogP contribution in [-0.2, 0) is 15.2 Å². The Balaban J connectivity index is 3.09. The fourth-order valence-electron chi connectivity index (χ4n) is 1.02. The molecule has 0 bridgehead atoms. The normalized spacial score (nSPS) is 13.9. The second kappa shape index (κ2) is 4.70. The molecule has 15 heavy (non-hydrogen) atoms.